The van der Waals surface area contributed by atoms with Gasteiger partial charge in [0.25, 0.3) is 0 Å². The fraction of sp³-hybridized carbons (Fsp3) is 0.727. The lowest BCUT2D eigenvalue weighted by Crippen LogP contribution is -2.10. The quantitative estimate of drug-likeness (QED) is 0.405. The van der Waals surface area contributed by atoms with Gasteiger partial charge in [0, 0.05) is 26.0 Å². The number of aliphatic hydroxyl groups is 1. The van der Waals surface area contributed by atoms with Crippen molar-refractivity contribution >= 4 is 23.3 Å². The molecule has 1 rings (SSSR count). The van der Waals surface area contributed by atoms with Crippen molar-refractivity contribution in [3.63, 3.8) is 0 Å². The highest BCUT2D eigenvalue weighted by Gasteiger charge is 2.24. The van der Waals surface area contributed by atoms with Gasteiger partial charge in [0.2, 0.25) is 5.82 Å². The Labute approximate surface area is 116 Å². The average Bonchev–Trinajstić information content (AvgIpc) is 2.70. The molecule has 1 heterocycles. The van der Waals surface area contributed by atoms with Gasteiger partial charge < -0.3 is 10.4 Å². The summed E-state index contributed by atoms with van der Waals surface area (Å²) in [5, 5.41) is 26.9. The zero-order chi connectivity index (χ0) is 14.3. The van der Waals surface area contributed by atoms with Crippen molar-refractivity contribution in [2.75, 3.05) is 30.0 Å². The summed E-state index contributed by atoms with van der Waals surface area (Å²) in [4.78, 5) is 10.7. The summed E-state index contributed by atoms with van der Waals surface area (Å²) < 4.78 is 1.52. The van der Waals surface area contributed by atoms with Crippen molar-refractivity contribution in [1.29, 1.82) is 0 Å². The van der Waals surface area contributed by atoms with Gasteiger partial charge in [-0.3, -0.25) is 10.1 Å². The van der Waals surface area contributed by atoms with Crippen LogP contribution in [0.2, 0.25) is 0 Å². The van der Waals surface area contributed by atoms with E-state index in [9.17, 15) is 10.1 Å². The second-order valence-electron chi connectivity index (χ2n) is 3.99. The van der Waals surface area contributed by atoms with Crippen molar-refractivity contribution < 1.29 is 10.0 Å². The zero-order valence-corrected chi connectivity index (χ0v) is 12.1. The average molecular weight is 288 g/mol. The summed E-state index contributed by atoms with van der Waals surface area (Å²) in [5.74, 6) is 2.19. The van der Waals surface area contributed by atoms with Crippen molar-refractivity contribution in [3.05, 3.63) is 15.8 Å². The summed E-state index contributed by atoms with van der Waals surface area (Å²) in [6.45, 7) is 2.69. The first-order valence-corrected chi connectivity index (χ1v) is 7.40. The van der Waals surface area contributed by atoms with Crippen LogP contribution >= 0.6 is 11.8 Å². The van der Waals surface area contributed by atoms with Gasteiger partial charge >= 0.3 is 5.69 Å². The van der Waals surface area contributed by atoms with Crippen LogP contribution in [-0.4, -0.2) is 44.5 Å². The molecule has 1 aromatic heterocycles. The van der Waals surface area contributed by atoms with E-state index in [0.29, 0.717) is 24.5 Å². The van der Waals surface area contributed by atoms with Gasteiger partial charge in [0.05, 0.1) is 4.92 Å². The van der Waals surface area contributed by atoms with Gasteiger partial charge in [-0.2, -0.15) is 16.9 Å². The number of anilines is 1. The number of aromatic nitrogens is 2. The third kappa shape index (κ3) is 4.39. The number of thioether (sulfide) groups is 1. The molecular formula is C11H20N4O3S. The zero-order valence-electron chi connectivity index (χ0n) is 11.3. The molecule has 108 valence electrons. The molecule has 0 unspecified atom stereocenters. The molecule has 0 aliphatic heterocycles. The van der Waals surface area contributed by atoms with Gasteiger partial charge in [-0.1, -0.05) is 6.92 Å². The molecule has 0 aliphatic rings. The third-order valence-corrected chi connectivity index (χ3v) is 3.67. The summed E-state index contributed by atoms with van der Waals surface area (Å²) in [6, 6.07) is 0. The topological polar surface area (TPSA) is 93.2 Å². The predicted molar refractivity (Wildman–Crippen MR) is 76.8 cm³/mol. The molecule has 0 radical (unpaired) electrons. The molecule has 1 aromatic rings. The molecule has 0 amide bonds. The van der Waals surface area contributed by atoms with Crippen molar-refractivity contribution in [1.82, 2.24) is 9.78 Å². The molecule has 0 atom stereocenters. The van der Waals surface area contributed by atoms with Crippen LogP contribution in [0.15, 0.2) is 0 Å². The Morgan fingerprint density at radius 2 is 2.26 bits per heavy atom. The normalized spacial score (nSPS) is 10.7. The minimum Gasteiger partial charge on any atom is -0.396 e. The molecule has 8 heteroatoms. The van der Waals surface area contributed by atoms with E-state index in [4.69, 9.17) is 5.11 Å². The summed E-state index contributed by atoms with van der Waals surface area (Å²) in [6.07, 6.45) is 1.31. The van der Waals surface area contributed by atoms with E-state index in [1.54, 1.807) is 18.8 Å². The van der Waals surface area contributed by atoms with Crippen LogP contribution in [0.25, 0.3) is 0 Å². The number of hydrogen-bond acceptors (Lipinski definition) is 6. The molecule has 7 nitrogen and oxygen atoms in total. The highest BCUT2D eigenvalue weighted by Crippen LogP contribution is 2.28. The standard InChI is InChI=1S/C11H20N4O3S/c1-3-9-10(15(17)18)11(14(2)13-9)12-5-8-19-7-4-6-16/h12,16H,3-8H2,1-2H3. The maximum Gasteiger partial charge on any atom is 0.333 e. The lowest BCUT2D eigenvalue weighted by atomic mass is 10.3. The Morgan fingerprint density at radius 3 is 2.84 bits per heavy atom. The molecule has 2 N–H and O–H groups in total. The molecule has 0 saturated carbocycles. The van der Waals surface area contributed by atoms with Crippen LogP contribution in [0.5, 0.6) is 0 Å². The number of nitrogens with zero attached hydrogens (tertiary/aromatic N) is 3. The van der Waals surface area contributed by atoms with Crippen molar-refractivity contribution in [2.45, 2.75) is 19.8 Å². The lowest BCUT2D eigenvalue weighted by molar-refractivity contribution is -0.384. The number of nitro groups is 1. The molecule has 0 spiro atoms. The number of nitrogens with one attached hydrogen (secondary N) is 1. The fourth-order valence-corrected chi connectivity index (χ4v) is 2.49. The van der Waals surface area contributed by atoms with E-state index in [2.05, 4.69) is 10.4 Å². The summed E-state index contributed by atoms with van der Waals surface area (Å²) >= 11 is 1.71. The highest BCUT2D eigenvalue weighted by molar-refractivity contribution is 7.99. The first-order valence-electron chi connectivity index (χ1n) is 6.24. The van der Waals surface area contributed by atoms with Gasteiger partial charge in [0.1, 0.15) is 5.69 Å². The molecule has 0 aliphatic carbocycles. The van der Waals surface area contributed by atoms with Crippen LogP contribution in [0, 0.1) is 10.1 Å². The monoisotopic (exact) mass is 288 g/mol. The SMILES string of the molecule is CCc1nn(C)c(NCCSCCCO)c1[N+](=O)[O-]. The van der Waals surface area contributed by atoms with Gasteiger partial charge in [-0.05, 0) is 18.6 Å². The Kier molecular flexibility index (Phi) is 6.65. The van der Waals surface area contributed by atoms with Crippen LogP contribution in [-0.2, 0) is 13.5 Å². The molecule has 0 saturated heterocycles. The van der Waals surface area contributed by atoms with Crippen LogP contribution in [0.1, 0.15) is 19.0 Å². The van der Waals surface area contributed by atoms with Crippen LogP contribution in [0.4, 0.5) is 11.5 Å². The smallest absolute Gasteiger partial charge is 0.333 e. The Bertz CT molecular complexity index is 422. The second kappa shape index (κ2) is 8.00. The predicted octanol–water partition coefficient (Wildman–Crippen LogP) is 1.42. The maximum atomic E-state index is 11.1. The van der Waals surface area contributed by atoms with E-state index in [0.717, 1.165) is 17.9 Å². The van der Waals surface area contributed by atoms with E-state index < -0.39 is 0 Å². The molecule has 0 bridgehead atoms. The Hall–Kier alpha value is -1.28. The first-order chi connectivity index (χ1) is 9.11. The summed E-state index contributed by atoms with van der Waals surface area (Å²) in [7, 11) is 1.70. The van der Waals surface area contributed by atoms with Gasteiger partial charge in [-0.15, -0.1) is 0 Å². The molecule has 0 aromatic carbocycles. The van der Waals surface area contributed by atoms with Gasteiger partial charge in [-0.25, -0.2) is 4.68 Å². The number of rotatable bonds is 9. The molecule has 0 fully saturated rings. The van der Waals surface area contributed by atoms with Crippen molar-refractivity contribution in [2.24, 2.45) is 7.05 Å². The van der Waals surface area contributed by atoms with E-state index >= 15 is 0 Å². The maximum absolute atomic E-state index is 11.1. The number of aryl methyl sites for hydroxylation is 2. The molecular weight excluding hydrogens is 268 g/mol. The Balaban J connectivity index is 2.57. The summed E-state index contributed by atoms with van der Waals surface area (Å²) in [5.41, 5.74) is 0.577. The second-order valence-corrected chi connectivity index (χ2v) is 5.22. The van der Waals surface area contributed by atoms with Crippen LogP contribution in [0.3, 0.4) is 0 Å². The van der Waals surface area contributed by atoms with Gasteiger partial charge in [0.15, 0.2) is 0 Å². The largest absolute Gasteiger partial charge is 0.396 e. The Morgan fingerprint density at radius 1 is 1.53 bits per heavy atom. The van der Waals surface area contributed by atoms with E-state index in [1.807, 2.05) is 6.92 Å². The minimum absolute atomic E-state index is 0.0744. The molecule has 19 heavy (non-hydrogen) atoms. The number of hydrogen-bond donors (Lipinski definition) is 2. The number of aliphatic hydroxyl groups excluding tert-OH is 1. The fourth-order valence-electron chi connectivity index (χ4n) is 1.71. The minimum atomic E-state index is -0.382. The first kappa shape index (κ1) is 15.8. The van der Waals surface area contributed by atoms with Crippen LogP contribution < -0.4 is 5.32 Å². The van der Waals surface area contributed by atoms with E-state index in [-0.39, 0.29) is 17.2 Å². The highest BCUT2D eigenvalue weighted by atomic mass is 32.2. The lowest BCUT2D eigenvalue weighted by Gasteiger charge is -2.05. The van der Waals surface area contributed by atoms with E-state index in [1.165, 1.54) is 4.68 Å². The van der Waals surface area contributed by atoms with Crippen molar-refractivity contribution in [3.8, 4) is 0 Å². The third-order valence-electron chi connectivity index (χ3n) is 2.60.